The van der Waals surface area contributed by atoms with Gasteiger partial charge in [0, 0.05) is 19.3 Å². The smallest absolute Gasteiger partial charge is 0.407 e. The van der Waals surface area contributed by atoms with Crippen LogP contribution in [0.5, 0.6) is 0 Å². The average molecular weight is 529 g/mol. The number of hydrogen-bond donors (Lipinski definition) is 4. The summed E-state index contributed by atoms with van der Waals surface area (Å²) >= 11 is 0. The van der Waals surface area contributed by atoms with Crippen LogP contribution in [0.25, 0.3) is 0 Å². The van der Waals surface area contributed by atoms with Crippen molar-refractivity contribution in [2.45, 2.75) is 89.7 Å². The Morgan fingerprint density at radius 2 is 1.92 bits per heavy atom. The number of nitrogens with one attached hydrogen (secondary N) is 1. The van der Waals surface area contributed by atoms with E-state index in [2.05, 4.69) is 5.32 Å². The van der Waals surface area contributed by atoms with Gasteiger partial charge in [0.15, 0.2) is 0 Å². The summed E-state index contributed by atoms with van der Waals surface area (Å²) in [6.07, 6.45) is 2.72. The predicted octanol–water partition coefficient (Wildman–Crippen LogP) is 4.10. The summed E-state index contributed by atoms with van der Waals surface area (Å²) in [6.45, 7) is 2.92. The Kier molecular flexibility index (Phi) is 13.4. The highest BCUT2D eigenvalue weighted by Crippen LogP contribution is 2.46. The van der Waals surface area contributed by atoms with Crippen molar-refractivity contribution >= 4 is 19.7 Å². The first-order valence-corrected chi connectivity index (χ1v) is 14.6. The maximum atomic E-state index is 12.7. The molecule has 4 atom stereocenters. The number of nitrogens with zero attached hydrogens (tertiary/aromatic N) is 1. The molecule has 1 aromatic carbocycles. The number of rotatable bonds is 17. The van der Waals surface area contributed by atoms with Crippen molar-refractivity contribution in [1.29, 1.82) is 0 Å². The molecule has 0 bridgehead atoms. The number of ether oxygens (including phenoxy) is 1. The summed E-state index contributed by atoms with van der Waals surface area (Å²) in [5.74, 6) is -1.03. The Morgan fingerprint density at radius 1 is 1.17 bits per heavy atom. The molecule has 36 heavy (non-hydrogen) atoms. The second-order valence-electron chi connectivity index (χ2n) is 9.20. The number of aliphatic hydroxyl groups is 1. The van der Waals surface area contributed by atoms with Gasteiger partial charge in [-0.2, -0.15) is 0 Å². The first-order valence-electron chi connectivity index (χ1n) is 12.8. The van der Waals surface area contributed by atoms with E-state index in [9.17, 15) is 29.3 Å². The summed E-state index contributed by atoms with van der Waals surface area (Å²) in [5.41, 5.74) is 0.881. The Bertz CT molecular complexity index is 841. The van der Waals surface area contributed by atoms with Crippen LogP contribution in [0.4, 0.5) is 4.79 Å². The second-order valence-corrected chi connectivity index (χ2v) is 11.1. The van der Waals surface area contributed by atoms with Crippen molar-refractivity contribution in [2.75, 3.05) is 19.3 Å². The van der Waals surface area contributed by atoms with Gasteiger partial charge in [-0.3, -0.25) is 14.3 Å². The van der Waals surface area contributed by atoms with Crippen molar-refractivity contribution in [3.8, 4) is 0 Å². The van der Waals surface area contributed by atoms with Crippen LogP contribution in [-0.4, -0.2) is 69.7 Å². The number of carboxylic acid groups (broad SMARTS) is 1. The molecule has 10 nitrogen and oxygen atoms in total. The molecule has 1 aromatic rings. The number of carbonyl (C=O) groups is 2. The molecular weight excluding hydrogens is 487 g/mol. The van der Waals surface area contributed by atoms with E-state index in [0.29, 0.717) is 45.2 Å². The number of hydrogen-bond acceptors (Lipinski definition) is 7. The minimum atomic E-state index is -3.96. The maximum absolute atomic E-state index is 12.7. The average Bonchev–Trinajstić information content (AvgIpc) is 3.35. The number of aliphatic hydroxyl groups excluding tert-OH is 1. The number of carbonyl (C=O) groups excluding carboxylic acids is 1. The third-order valence-corrected chi connectivity index (χ3v) is 7.73. The first-order chi connectivity index (χ1) is 17.2. The number of benzene rings is 1. The van der Waals surface area contributed by atoms with Gasteiger partial charge in [-0.1, -0.05) is 56.5 Å². The number of carboxylic acids is 1. The monoisotopic (exact) mass is 528 g/mol. The van der Waals surface area contributed by atoms with Crippen LogP contribution in [0.15, 0.2) is 30.3 Å². The van der Waals surface area contributed by atoms with Gasteiger partial charge < -0.3 is 29.7 Å². The van der Waals surface area contributed by atoms with Crippen molar-refractivity contribution in [1.82, 2.24) is 10.2 Å². The van der Waals surface area contributed by atoms with Crippen molar-refractivity contribution < 1.29 is 38.5 Å². The molecular formula is C25H41N2O8P. The Morgan fingerprint density at radius 3 is 2.61 bits per heavy atom. The van der Waals surface area contributed by atoms with Gasteiger partial charge in [0.25, 0.3) is 0 Å². The molecule has 0 aliphatic carbocycles. The zero-order valence-corrected chi connectivity index (χ0v) is 22.0. The molecule has 2 unspecified atom stereocenters. The van der Waals surface area contributed by atoms with E-state index < -0.39 is 38.0 Å². The zero-order valence-electron chi connectivity index (χ0n) is 21.1. The lowest BCUT2D eigenvalue weighted by Gasteiger charge is -2.33. The van der Waals surface area contributed by atoms with E-state index in [0.717, 1.165) is 24.8 Å². The highest BCUT2D eigenvalue weighted by Gasteiger charge is 2.40. The SMILES string of the molecule is CCCCCCP(=O)(O)O[C@@H](CCCCNC(=O)OCc1ccccc1)[C@H](O)N1CCCC1C(=O)O. The van der Waals surface area contributed by atoms with E-state index in [1.165, 1.54) is 4.90 Å². The van der Waals surface area contributed by atoms with Gasteiger partial charge >= 0.3 is 19.7 Å². The number of alkyl carbamates (subject to hydrolysis) is 1. The van der Waals surface area contributed by atoms with Crippen LogP contribution in [0.3, 0.4) is 0 Å². The summed E-state index contributed by atoms with van der Waals surface area (Å²) < 4.78 is 23.4. The van der Waals surface area contributed by atoms with E-state index in [1.54, 1.807) is 0 Å². The fraction of sp³-hybridized carbons (Fsp3) is 0.680. The molecule has 0 spiro atoms. The van der Waals surface area contributed by atoms with Gasteiger partial charge in [-0.15, -0.1) is 0 Å². The summed E-state index contributed by atoms with van der Waals surface area (Å²) in [7, 11) is -3.96. The van der Waals surface area contributed by atoms with Crippen LogP contribution >= 0.6 is 7.60 Å². The largest absolute Gasteiger partial charge is 0.480 e. The van der Waals surface area contributed by atoms with Crippen LogP contribution in [0.2, 0.25) is 0 Å². The van der Waals surface area contributed by atoms with E-state index in [1.807, 2.05) is 37.3 Å². The van der Waals surface area contributed by atoms with Gasteiger partial charge in [0.2, 0.25) is 0 Å². The molecule has 1 aliphatic rings. The molecule has 204 valence electrons. The Hall–Kier alpha value is -1.97. The van der Waals surface area contributed by atoms with Crippen LogP contribution in [0, 0.1) is 0 Å². The molecule has 1 saturated heterocycles. The van der Waals surface area contributed by atoms with Gasteiger partial charge in [0.1, 0.15) is 25.0 Å². The standard InChI is InChI=1S/C25H41N2O8P/c1-2-3-4-10-18-36(32,33)35-22(23(28)27-17-11-14-21(27)24(29)30)15-8-9-16-26-25(31)34-19-20-12-6-5-7-13-20/h5-7,12-13,21-23,28H,2-4,8-11,14-19H2,1H3,(H,26,31)(H,29,30)(H,32,33)/t21?,22-,23-/m0/s1. The van der Waals surface area contributed by atoms with Gasteiger partial charge in [-0.05, 0) is 44.1 Å². The normalized spacial score (nSPS) is 19.4. The van der Waals surface area contributed by atoms with Gasteiger partial charge in [0.05, 0.1) is 0 Å². The van der Waals surface area contributed by atoms with Gasteiger partial charge in [-0.25, -0.2) is 4.79 Å². The Labute approximate surface area is 213 Å². The lowest BCUT2D eigenvalue weighted by Crippen LogP contribution is -2.49. The predicted molar refractivity (Wildman–Crippen MR) is 136 cm³/mol. The lowest BCUT2D eigenvalue weighted by atomic mass is 10.1. The highest BCUT2D eigenvalue weighted by atomic mass is 31.2. The van der Waals surface area contributed by atoms with E-state index in [4.69, 9.17) is 9.26 Å². The summed E-state index contributed by atoms with van der Waals surface area (Å²) in [4.78, 5) is 35.3. The minimum absolute atomic E-state index is 0.00656. The topological polar surface area (TPSA) is 146 Å². The molecule has 0 aromatic heterocycles. The third-order valence-electron chi connectivity index (χ3n) is 6.24. The van der Waals surface area contributed by atoms with E-state index >= 15 is 0 Å². The fourth-order valence-corrected chi connectivity index (χ4v) is 5.64. The zero-order chi connectivity index (χ0) is 26.4. The second kappa shape index (κ2) is 16.0. The van der Waals surface area contributed by atoms with Crippen LogP contribution in [0.1, 0.15) is 70.3 Å². The van der Waals surface area contributed by atoms with Crippen molar-refractivity contribution in [3.63, 3.8) is 0 Å². The van der Waals surface area contributed by atoms with Crippen molar-refractivity contribution in [3.05, 3.63) is 35.9 Å². The molecule has 1 heterocycles. The molecule has 1 amide bonds. The molecule has 1 fully saturated rings. The number of aliphatic carboxylic acids is 1. The molecule has 11 heteroatoms. The minimum Gasteiger partial charge on any atom is -0.480 e. The summed E-state index contributed by atoms with van der Waals surface area (Å²) in [6, 6.07) is 8.47. The van der Waals surface area contributed by atoms with Crippen LogP contribution in [-0.2, 0) is 25.2 Å². The molecule has 0 radical (unpaired) electrons. The quantitative estimate of drug-likeness (QED) is 0.173. The third kappa shape index (κ3) is 11.0. The number of unbranched alkanes of at least 4 members (excludes halogenated alkanes) is 4. The van der Waals surface area contributed by atoms with Crippen molar-refractivity contribution in [2.24, 2.45) is 0 Å². The first kappa shape index (κ1) is 30.3. The maximum Gasteiger partial charge on any atom is 0.407 e. The lowest BCUT2D eigenvalue weighted by molar-refractivity contribution is -0.150. The fourth-order valence-electron chi connectivity index (χ4n) is 4.28. The molecule has 2 rings (SSSR count). The molecule has 1 aliphatic heterocycles. The Balaban J connectivity index is 1.85. The van der Waals surface area contributed by atoms with Crippen LogP contribution < -0.4 is 5.32 Å². The highest BCUT2D eigenvalue weighted by molar-refractivity contribution is 7.52. The number of amides is 1. The molecule has 0 saturated carbocycles. The van der Waals surface area contributed by atoms with E-state index in [-0.39, 0.29) is 19.2 Å². The number of likely N-dealkylation sites (tertiary alicyclic amines) is 1. The summed E-state index contributed by atoms with van der Waals surface area (Å²) in [5, 5.41) is 23.1. The molecule has 4 N–H and O–H groups in total.